The van der Waals surface area contributed by atoms with Crippen molar-refractivity contribution in [3.63, 3.8) is 0 Å². The second-order valence-electron chi connectivity index (χ2n) is 36.1. The molecular weight excluding hydrogens is 1880 g/mol. The number of nitrogens with one attached hydrogen (secondary N) is 5. The van der Waals surface area contributed by atoms with Crippen molar-refractivity contribution in [3.05, 3.63) is 257 Å². The van der Waals surface area contributed by atoms with Crippen LogP contribution in [0.1, 0.15) is 147 Å². The summed E-state index contributed by atoms with van der Waals surface area (Å²) >= 11 is 5.58. The van der Waals surface area contributed by atoms with E-state index in [2.05, 4.69) is 59.5 Å². The van der Waals surface area contributed by atoms with E-state index in [1.54, 1.807) is 96.9 Å². The molecule has 146 heavy (non-hydrogen) atoms. The molecule has 15 N–H and O–H groups in total. The van der Waals surface area contributed by atoms with Gasteiger partial charge in [-0.1, -0.05) is 34.6 Å². The Labute approximate surface area is 851 Å². The predicted octanol–water partition coefficient (Wildman–Crippen LogP) is 19.7. The van der Waals surface area contributed by atoms with E-state index in [1.807, 2.05) is 162 Å². The van der Waals surface area contributed by atoms with Crippen molar-refractivity contribution in [3.8, 4) is 171 Å². The average molecular weight is 2010 g/mol. The van der Waals surface area contributed by atoms with Crippen molar-refractivity contribution in [2.24, 2.45) is 0 Å². The summed E-state index contributed by atoms with van der Waals surface area (Å²) in [4.78, 5) is 75.4. The highest BCUT2D eigenvalue weighted by molar-refractivity contribution is 7.71. The molecule has 2 saturated heterocycles. The predicted molar refractivity (Wildman–Crippen MR) is 576 cm³/mol. The number of imidazole rings is 5. The number of piperidine rings is 1. The number of ether oxygens (including phenoxy) is 5. The van der Waals surface area contributed by atoms with Gasteiger partial charge in [0.25, 0.3) is 0 Å². The normalized spacial score (nSPS) is 12.7. The fourth-order valence-corrected chi connectivity index (χ4v) is 18.9. The first-order valence-electron chi connectivity index (χ1n) is 49.1. The Morgan fingerprint density at radius 1 is 0.336 bits per heavy atom. The number of hydrogen-bond acceptors (Lipinski definition) is 25. The lowest BCUT2D eigenvalue weighted by atomic mass is 9.97. The van der Waals surface area contributed by atoms with Gasteiger partial charge in [0, 0.05) is 156 Å². The molecule has 35 heteroatoms. The van der Waals surface area contributed by atoms with E-state index in [9.17, 15) is 70.2 Å². The molecule has 2 aliphatic heterocycles. The van der Waals surface area contributed by atoms with Crippen LogP contribution >= 0.6 is 12.2 Å². The molecule has 0 unspecified atom stereocenters. The highest BCUT2D eigenvalue weighted by Crippen LogP contribution is 2.50. The lowest BCUT2D eigenvalue weighted by Crippen LogP contribution is -2.29. The molecule has 0 spiro atoms. The monoisotopic (exact) mass is 2010 g/mol. The fraction of sp³-hybridized carbons (Fsp3) is 0.324. The van der Waals surface area contributed by atoms with Crippen molar-refractivity contribution in [2.75, 3.05) is 127 Å². The standard InChI is InChI=1S/C23H27N3O3S.2C22H25N3O4.2C22H27N3O4/c1-3-15-11-17(21(28)13-20(15)27)19-14-24-23(30)26(19)16-7-8-22(29-2)18(12-16)25-9-5-4-6-10-25;1-4-24(2)17-9-14(7-8-21(17)29-3)25-18(12-23-22(25)28)16-10-15(13-5-6-13)19(26)11-20(16)27;1-3-14-10-16(20(27)12-19(14)26)18-13-23-22(28)25(18)15-6-7-21(29-2)17(11-15)24-8-4-5-9-24;1-6-24(4)17-9-14(7-8-21(17)29-5)25-18(12-23-22(25)28)16-10-15(13(2)3)19(26)11-20(16)27;1-5-14-10-16(20(27)12-19(14)26)18-13-23-22(28)25(18)15-8-9-21(29-4)17(11-15)24(6-2)7-3/h7-8,11-14,27-28H,3-6,9-10H2,1-2H3,(H,24,30);7-13,26-27H,4-6H2,1-3H3,(H,23,28);6-7,10-13,26-27H,3-5,8-9H2,1-2H3,(H,23,28);7-13,26-27H,6H2,1-5H3,(H,23,28);8-13,26-27H,5-7H2,1-4H3,(H,23,28). The number of hydrogen-bond donors (Lipinski definition) is 15. The van der Waals surface area contributed by atoms with Gasteiger partial charge < -0.3 is 124 Å². The molecule has 0 amide bonds. The molecule has 5 aromatic heterocycles. The number of H-pyrrole nitrogens is 5. The largest absolute Gasteiger partial charge is 0.508 e. The van der Waals surface area contributed by atoms with Gasteiger partial charge >= 0.3 is 22.8 Å². The first kappa shape index (κ1) is 105. The third kappa shape index (κ3) is 22.2. The minimum Gasteiger partial charge on any atom is -0.508 e. The van der Waals surface area contributed by atoms with E-state index in [0.29, 0.717) is 131 Å². The van der Waals surface area contributed by atoms with Gasteiger partial charge in [-0.2, -0.15) is 0 Å². The Balaban J connectivity index is 0.000000144. The van der Waals surface area contributed by atoms with Crippen LogP contribution in [0.2, 0.25) is 0 Å². The summed E-state index contributed by atoms with van der Waals surface area (Å²) in [6.07, 6.45) is 17.8. The molecule has 34 nitrogen and oxygen atoms in total. The Bertz CT molecular complexity index is 7170. The highest BCUT2D eigenvalue weighted by atomic mass is 32.1. The van der Waals surface area contributed by atoms with Crippen LogP contribution in [0, 0.1) is 4.77 Å². The molecule has 0 radical (unpaired) electrons. The maximum absolute atomic E-state index is 12.7. The zero-order valence-electron chi connectivity index (χ0n) is 85.2. The van der Waals surface area contributed by atoms with E-state index in [-0.39, 0.29) is 86.2 Å². The van der Waals surface area contributed by atoms with Crippen LogP contribution in [0.4, 0.5) is 28.4 Å². The number of nitrogens with zero attached hydrogens (tertiary/aromatic N) is 10. The molecule has 10 aromatic carbocycles. The van der Waals surface area contributed by atoms with Crippen LogP contribution in [0.3, 0.4) is 0 Å². The number of aryl methyl sites for hydroxylation is 3. The van der Waals surface area contributed by atoms with Gasteiger partial charge in [-0.15, -0.1) is 0 Å². The summed E-state index contributed by atoms with van der Waals surface area (Å²) in [5.74, 6) is 4.07. The molecular formula is C111H131N15O19S. The number of benzene rings is 10. The first-order valence-corrected chi connectivity index (χ1v) is 49.5. The molecule has 15 aromatic rings. The lowest BCUT2D eigenvalue weighted by Gasteiger charge is -2.30. The minimum atomic E-state index is -0.325. The number of methoxy groups -OCH3 is 5. The molecule has 0 atom stereocenters. The molecule has 18 rings (SSSR count). The van der Waals surface area contributed by atoms with Gasteiger partial charge in [0.05, 0.1) is 121 Å². The molecule has 1 saturated carbocycles. The van der Waals surface area contributed by atoms with Gasteiger partial charge in [-0.25, -0.2) is 19.2 Å². The van der Waals surface area contributed by atoms with Crippen molar-refractivity contribution >= 4 is 40.7 Å². The second-order valence-corrected chi connectivity index (χ2v) is 36.5. The number of phenols is 10. The van der Waals surface area contributed by atoms with Crippen LogP contribution in [0.25, 0.3) is 84.7 Å². The van der Waals surface area contributed by atoms with Gasteiger partial charge in [0.2, 0.25) is 0 Å². The quantitative estimate of drug-likeness (QED) is 0.0194. The first-order chi connectivity index (χ1) is 70.2. The van der Waals surface area contributed by atoms with Crippen LogP contribution < -0.4 is 70.9 Å². The third-order valence-corrected chi connectivity index (χ3v) is 27.3. The van der Waals surface area contributed by atoms with Crippen LogP contribution in [0.5, 0.6) is 86.2 Å². The van der Waals surface area contributed by atoms with Gasteiger partial charge in [-0.3, -0.25) is 22.8 Å². The van der Waals surface area contributed by atoms with E-state index in [1.165, 1.54) is 67.9 Å². The molecule has 0 bridgehead atoms. The summed E-state index contributed by atoms with van der Waals surface area (Å²) in [6, 6.07) is 43.7. The summed E-state index contributed by atoms with van der Waals surface area (Å²) in [5, 5.41) is 103. The van der Waals surface area contributed by atoms with Crippen LogP contribution in [-0.4, -0.2) is 201 Å². The molecule has 3 aliphatic rings. The van der Waals surface area contributed by atoms with Gasteiger partial charge in [-0.05, 0) is 265 Å². The number of aromatic nitrogens is 10. The van der Waals surface area contributed by atoms with Crippen molar-refractivity contribution in [1.29, 1.82) is 0 Å². The Morgan fingerprint density at radius 2 is 0.630 bits per heavy atom. The SMILES string of the molecule is CCN(C)c1cc(-n2c(-c3cc(C(C)C)c(O)cc3O)c[nH]c2=O)ccc1OC.CCN(C)c1cc(-n2c(-c3cc(C4CC4)c(O)cc3O)c[nH]c2=O)ccc1OC.CCc1cc(-c2c[nH]c(=O)n2-c2ccc(OC)c(N(CC)CC)c2)c(O)cc1O.CCc1cc(-c2c[nH]c(=O)n2-c2ccc(OC)c(N3CCCC3)c2)c(O)cc1O.CCc1cc(-c2c[nH]c(=S)n2-c2ccc(OC)c(N3CCCCC3)c2)c(O)cc1O. The molecule has 7 heterocycles. The maximum atomic E-state index is 12.7. The Hall–Kier alpha value is -16.3. The number of aromatic amines is 5. The Kier molecular flexibility index (Phi) is 33.5. The lowest BCUT2D eigenvalue weighted by molar-refractivity contribution is 0.412. The maximum Gasteiger partial charge on any atom is 0.330 e. The Morgan fingerprint density at radius 3 is 0.966 bits per heavy atom. The second kappa shape index (κ2) is 46.4. The van der Waals surface area contributed by atoms with Crippen LogP contribution in [0.15, 0.2) is 202 Å². The summed E-state index contributed by atoms with van der Waals surface area (Å²) in [7, 11) is 12.1. The fourth-order valence-electron chi connectivity index (χ4n) is 18.7. The summed E-state index contributed by atoms with van der Waals surface area (Å²) in [5.41, 5.74) is 15.9. The van der Waals surface area contributed by atoms with E-state index in [0.717, 1.165) is 146 Å². The minimum absolute atomic E-state index is 0.0113. The summed E-state index contributed by atoms with van der Waals surface area (Å²) < 4.78 is 36.1. The van der Waals surface area contributed by atoms with E-state index < -0.39 is 0 Å². The van der Waals surface area contributed by atoms with Crippen molar-refractivity contribution < 1.29 is 74.7 Å². The molecule has 770 valence electrons. The number of aromatic hydroxyl groups is 10. The molecule has 3 fully saturated rings. The average Bonchev–Trinajstić information content (AvgIpc) is 1.61. The molecule has 1 aliphatic carbocycles. The van der Waals surface area contributed by atoms with E-state index in [4.69, 9.17) is 35.9 Å². The number of phenolic OH excluding ortho intramolecular Hbond substituents is 10. The van der Waals surface area contributed by atoms with Crippen LogP contribution in [-0.2, 0) is 19.3 Å². The van der Waals surface area contributed by atoms with Crippen molar-refractivity contribution in [1.82, 2.24) is 47.8 Å². The third-order valence-electron chi connectivity index (χ3n) is 27.0. The van der Waals surface area contributed by atoms with Gasteiger partial charge in [0.15, 0.2) is 4.77 Å². The zero-order chi connectivity index (χ0) is 105. The topological polar surface area (TPSA) is 437 Å². The number of rotatable bonds is 29. The van der Waals surface area contributed by atoms with Crippen molar-refractivity contribution in [2.45, 2.75) is 138 Å². The van der Waals surface area contributed by atoms with E-state index >= 15 is 0 Å². The zero-order valence-corrected chi connectivity index (χ0v) is 86.0. The summed E-state index contributed by atoms with van der Waals surface area (Å²) in [6.45, 7) is 24.9. The highest BCUT2D eigenvalue weighted by Gasteiger charge is 2.31. The van der Waals surface area contributed by atoms with Gasteiger partial charge in [0.1, 0.15) is 86.2 Å². The smallest absolute Gasteiger partial charge is 0.330 e. The number of anilines is 5.